The second-order valence-corrected chi connectivity index (χ2v) is 9.58. The van der Waals surface area contributed by atoms with Gasteiger partial charge in [-0.25, -0.2) is 4.39 Å². The zero-order valence-corrected chi connectivity index (χ0v) is 19.9. The molecule has 4 aromatic rings. The number of rotatable bonds is 7. The summed E-state index contributed by atoms with van der Waals surface area (Å²) < 4.78 is 18.5. The van der Waals surface area contributed by atoms with Crippen LogP contribution in [0.3, 0.4) is 0 Å². The number of amides is 1. The molecule has 0 spiro atoms. The normalized spacial score (nSPS) is 14.7. The van der Waals surface area contributed by atoms with Gasteiger partial charge >= 0.3 is 0 Å². The molecule has 1 aliphatic rings. The molecule has 1 aliphatic heterocycles. The first-order valence-electron chi connectivity index (χ1n) is 11.6. The van der Waals surface area contributed by atoms with Crippen molar-refractivity contribution in [3.63, 3.8) is 0 Å². The number of aromatic nitrogens is 2. The number of benzene rings is 3. The van der Waals surface area contributed by atoms with Gasteiger partial charge in [-0.1, -0.05) is 47.3 Å². The van der Waals surface area contributed by atoms with E-state index < -0.39 is 0 Å². The molecular formula is C27H25FN4O2S. The van der Waals surface area contributed by atoms with Gasteiger partial charge in [0.2, 0.25) is 17.6 Å². The maximum atomic E-state index is 13.1. The van der Waals surface area contributed by atoms with Crippen LogP contribution < -0.4 is 5.32 Å². The zero-order chi connectivity index (χ0) is 24.0. The molecule has 1 aromatic heterocycles. The van der Waals surface area contributed by atoms with E-state index in [0.717, 1.165) is 41.4 Å². The number of hydrogen-bond donors (Lipinski definition) is 1. The lowest BCUT2D eigenvalue weighted by Gasteiger charge is -2.30. The maximum Gasteiger partial charge on any atom is 0.241 e. The highest BCUT2D eigenvalue weighted by Gasteiger charge is 2.26. The van der Waals surface area contributed by atoms with Crippen LogP contribution >= 0.6 is 11.8 Å². The van der Waals surface area contributed by atoms with Crippen molar-refractivity contribution in [1.82, 2.24) is 15.0 Å². The van der Waals surface area contributed by atoms with E-state index in [1.54, 1.807) is 23.9 Å². The van der Waals surface area contributed by atoms with Crippen LogP contribution in [0.5, 0.6) is 0 Å². The first-order chi connectivity index (χ1) is 17.1. The minimum absolute atomic E-state index is 0.0431. The van der Waals surface area contributed by atoms with E-state index in [1.807, 2.05) is 42.5 Å². The Kier molecular flexibility index (Phi) is 7.20. The highest BCUT2D eigenvalue weighted by molar-refractivity contribution is 7.99. The van der Waals surface area contributed by atoms with E-state index >= 15 is 0 Å². The number of anilines is 1. The smallest absolute Gasteiger partial charge is 0.241 e. The predicted molar refractivity (Wildman–Crippen MR) is 133 cm³/mol. The maximum absolute atomic E-state index is 13.1. The number of halogens is 1. The molecule has 0 unspecified atom stereocenters. The molecule has 1 N–H and O–H groups in total. The summed E-state index contributed by atoms with van der Waals surface area (Å²) in [5.74, 6) is 0.670. The SMILES string of the molecule is O=C(Nc1ccccc1Sc1ccccc1)C1CCN(Cc2nc(-c3ccc(F)cc3)no2)CC1. The van der Waals surface area contributed by atoms with Gasteiger partial charge in [-0.2, -0.15) is 4.98 Å². The van der Waals surface area contributed by atoms with Crippen molar-refractivity contribution >= 4 is 23.4 Å². The van der Waals surface area contributed by atoms with E-state index in [0.29, 0.717) is 23.8 Å². The van der Waals surface area contributed by atoms with Crippen molar-refractivity contribution in [3.05, 3.63) is 90.6 Å². The topological polar surface area (TPSA) is 71.3 Å². The monoisotopic (exact) mass is 488 g/mol. The Morgan fingerprint density at radius 2 is 1.71 bits per heavy atom. The fourth-order valence-electron chi connectivity index (χ4n) is 4.09. The molecule has 1 saturated heterocycles. The Bertz CT molecular complexity index is 1270. The summed E-state index contributed by atoms with van der Waals surface area (Å²) in [6.45, 7) is 2.07. The number of nitrogens with one attached hydrogen (secondary N) is 1. The molecule has 8 heteroatoms. The van der Waals surface area contributed by atoms with Gasteiger partial charge in [-0.15, -0.1) is 0 Å². The number of para-hydroxylation sites is 1. The number of carbonyl (C=O) groups excluding carboxylic acids is 1. The minimum Gasteiger partial charge on any atom is -0.338 e. The highest BCUT2D eigenvalue weighted by Crippen LogP contribution is 2.34. The van der Waals surface area contributed by atoms with E-state index in [1.165, 1.54) is 12.1 Å². The fourth-order valence-corrected chi connectivity index (χ4v) is 5.01. The summed E-state index contributed by atoms with van der Waals surface area (Å²) in [7, 11) is 0. The first kappa shape index (κ1) is 23.3. The molecule has 3 aromatic carbocycles. The third-order valence-corrected chi connectivity index (χ3v) is 7.09. The summed E-state index contributed by atoms with van der Waals surface area (Å²) in [5.41, 5.74) is 1.55. The number of nitrogens with zero attached hydrogens (tertiary/aromatic N) is 3. The van der Waals surface area contributed by atoms with Crippen LogP contribution in [0.2, 0.25) is 0 Å². The van der Waals surface area contributed by atoms with Crippen LogP contribution in [0.4, 0.5) is 10.1 Å². The molecule has 0 bridgehead atoms. The van der Waals surface area contributed by atoms with Gasteiger partial charge in [0, 0.05) is 21.3 Å². The Balaban J connectivity index is 1.14. The molecule has 0 atom stereocenters. The van der Waals surface area contributed by atoms with Crippen molar-refractivity contribution in [3.8, 4) is 11.4 Å². The molecule has 2 heterocycles. The lowest BCUT2D eigenvalue weighted by Crippen LogP contribution is -2.37. The average Bonchev–Trinajstić information content (AvgIpc) is 3.35. The molecule has 0 saturated carbocycles. The van der Waals surface area contributed by atoms with Crippen LogP contribution in [-0.4, -0.2) is 34.0 Å². The molecular weight excluding hydrogens is 463 g/mol. The lowest BCUT2D eigenvalue weighted by atomic mass is 9.96. The summed E-state index contributed by atoms with van der Waals surface area (Å²) in [5, 5.41) is 7.15. The van der Waals surface area contributed by atoms with Crippen LogP contribution in [0, 0.1) is 11.7 Å². The van der Waals surface area contributed by atoms with E-state index in [4.69, 9.17) is 4.52 Å². The lowest BCUT2D eigenvalue weighted by molar-refractivity contribution is -0.121. The van der Waals surface area contributed by atoms with E-state index in [-0.39, 0.29) is 17.6 Å². The van der Waals surface area contributed by atoms with Crippen molar-refractivity contribution in [2.45, 2.75) is 29.2 Å². The van der Waals surface area contributed by atoms with Gasteiger partial charge in [0.05, 0.1) is 12.2 Å². The second-order valence-electron chi connectivity index (χ2n) is 8.47. The number of likely N-dealkylation sites (tertiary alicyclic amines) is 1. The predicted octanol–water partition coefficient (Wildman–Crippen LogP) is 5.88. The Labute approximate surface area is 207 Å². The molecule has 0 radical (unpaired) electrons. The summed E-state index contributed by atoms with van der Waals surface area (Å²) in [6.07, 6.45) is 1.53. The Morgan fingerprint density at radius 1 is 1.00 bits per heavy atom. The molecule has 1 fully saturated rings. The Morgan fingerprint density at radius 3 is 2.49 bits per heavy atom. The van der Waals surface area contributed by atoms with Crippen molar-refractivity contribution in [1.29, 1.82) is 0 Å². The van der Waals surface area contributed by atoms with Crippen molar-refractivity contribution in [2.24, 2.45) is 5.92 Å². The fraction of sp³-hybridized carbons (Fsp3) is 0.222. The number of carbonyl (C=O) groups is 1. The number of hydrogen-bond acceptors (Lipinski definition) is 6. The summed E-state index contributed by atoms with van der Waals surface area (Å²) >= 11 is 1.64. The van der Waals surface area contributed by atoms with Gasteiger partial charge in [0.25, 0.3) is 0 Å². The molecule has 0 aliphatic carbocycles. The van der Waals surface area contributed by atoms with Gasteiger partial charge in [-0.3, -0.25) is 9.69 Å². The molecule has 35 heavy (non-hydrogen) atoms. The van der Waals surface area contributed by atoms with Gasteiger partial charge in [0.1, 0.15) is 5.82 Å². The summed E-state index contributed by atoms with van der Waals surface area (Å²) in [4.78, 5) is 21.8. The zero-order valence-electron chi connectivity index (χ0n) is 19.1. The highest BCUT2D eigenvalue weighted by atomic mass is 32.2. The second kappa shape index (κ2) is 10.8. The standard InChI is InChI=1S/C27H25FN4O2S/c28-21-12-10-19(11-13-21)26-30-25(34-31-26)18-32-16-14-20(15-17-32)27(33)29-23-8-4-5-9-24(23)35-22-6-2-1-3-7-22/h1-13,20H,14-18H2,(H,29,33). The minimum atomic E-state index is -0.303. The number of piperidine rings is 1. The first-order valence-corrected chi connectivity index (χ1v) is 12.4. The average molecular weight is 489 g/mol. The molecule has 178 valence electrons. The van der Waals surface area contributed by atoms with Gasteiger partial charge in [0.15, 0.2) is 0 Å². The van der Waals surface area contributed by atoms with Gasteiger partial charge < -0.3 is 9.84 Å². The van der Waals surface area contributed by atoms with E-state index in [9.17, 15) is 9.18 Å². The van der Waals surface area contributed by atoms with Crippen LogP contribution in [0.15, 0.2) is 93.2 Å². The van der Waals surface area contributed by atoms with Crippen LogP contribution in [-0.2, 0) is 11.3 Å². The van der Waals surface area contributed by atoms with Gasteiger partial charge in [-0.05, 0) is 74.5 Å². The van der Waals surface area contributed by atoms with Crippen molar-refractivity contribution < 1.29 is 13.7 Å². The van der Waals surface area contributed by atoms with E-state index in [2.05, 4.69) is 32.5 Å². The Hall–Kier alpha value is -3.49. The quantitative estimate of drug-likeness (QED) is 0.350. The molecule has 5 rings (SSSR count). The van der Waals surface area contributed by atoms with Crippen molar-refractivity contribution in [2.75, 3.05) is 18.4 Å². The third-order valence-electron chi connectivity index (χ3n) is 6.00. The largest absolute Gasteiger partial charge is 0.338 e. The summed E-state index contributed by atoms with van der Waals surface area (Å²) in [6, 6.07) is 24.0. The molecule has 6 nitrogen and oxygen atoms in total. The van der Waals surface area contributed by atoms with Crippen LogP contribution in [0.25, 0.3) is 11.4 Å². The molecule has 1 amide bonds. The third kappa shape index (κ3) is 5.96. The van der Waals surface area contributed by atoms with Crippen LogP contribution in [0.1, 0.15) is 18.7 Å².